The van der Waals surface area contributed by atoms with E-state index < -0.39 is 148 Å². The molecule has 7 aliphatic rings. The van der Waals surface area contributed by atoms with Crippen molar-refractivity contribution in [3.05, 3.63) is 11.8 Å². The minimum absolute atomic E-state index is 0.168. The van der Waals surface area contributed by atoms with E-state index >= 15 is 0 Å². The zero-order valence-corrected chi connectivity index (χ0v) is 29.8. The Morgan fingerprint density at radius 3 is 2.02 bits per heavy atom. The number of ketones is 1. The van der Waals surface area contributed by atoms with Gasteiger partial charge < -0.3 is 43.7 Å². The van der Waals surface area contributed by atoms with E-state index in [0.717, 1.165) is 0 Å². The lowest BCUT2D eigenvalue weighted by Gasteiger charge is -2.65. The molecule has 2 aliphatic heterocycles. The summed E-state index contributed by atoms with van der Waals surface area (Å²) in [4.78, 5) is 79.9. The molecule has 0 aromatic rings. The number of fused-ring (bicyclic) bond motifs is 10. The van der Waals surface area contributed by atoms with E-state index in [9.17, 15) is 44.1 Å². The van der Waals surface area contributed by atoms with Crippen LogP contribution in [0, 0.1) is 57.7 Å². The summed E-state index contributed by atoms with van der Waals surface area (Å²) in [7, 11) is 0. The van der Waals surface area contributed by atoms with Crippen LogP contribution in [0.5, 0.6) is 0 Å². The molecule has 280 valence electrons. The van der Waals surface area contributed by atoms with Gasteiger partial charge in [-0.25, -0.2) is 9.59 Å². The molecule has 0 radical (unpaired) electrons. The Hall–Kier alpha value is -3.40. The van der Waals surface area contributed by atoms with E-state index in [1.165, 1.54) is 27.7 Å². The molecule has 6 fully saturated rings. The van der Waals surface area contributed by atoms with E-state index in [0.29, 0.717) is 0 Å². The summed E-state index contributed by atoms with van der Waals surface area (Å²) in [5.74, 6) is -11.0. The number of rotatable bonds is 5. The van der Waals surface area contributed by atoms with E-state index in [-0.39, 0.29) is 12.2 Å². The zero-order chi connectivity index (χ0) is 37.5. The average molecular weight is 719 g/mol. The first-order chi connectivity index (χ1) is 23.7. The highest BCUT2D eigenvalue weighted by Crippen LogP contribution is 2.76. The number of carbonyl (C=O) groups excluding carboxylic acids is 6. The molecule has 4 saturated carbocycles. The fourth-order valence-corrected chi connectivity index (χ4v) is 12.2. The maximum atomic E-state index is 14.5. The van der Waals surface area contributed by atoms with E-state index in [2.05, 4.69) is 0 Å². The number of carbonyl (C=O) groups is 6. The van der Waals surface area contributed by atoms with E-state index in [1.54, 1.807) is 26.8 Å². The summed E-state index contributed by atoms with van der Waals surface area (Å²) in [5.41, 5.74) is -6.47. The van der Waals surface area contributed by atoms with Gasteiger partial charge in [-0.15, -0.1) is 0 Å². The number of aliphatic hydroxyl groups is 3. The maximum absolute atomic E-state index is 14.5. The molecule has 15 nitrogen and oxygen atoms in total. The van der Waals surface area contributed by atoms with Gasteiger partial charge in [0.25, 0.3) is 0 Å². The van der Waals surface area contributed by atoms with Crippen LogP contribution in [0.15, 0.2) is 11.8 Å². The molecule has 2 saturated heterocycles. The molecule has 0 bridgehead atoms. The lowest BCUT2D eigenvalue weighted by Crippen LogP contribution is -2.74. The Kier molecular flexibility index (Phi) is 7.97. The predicted molar refractivity (Wildman–Crippen MR) is 167 cm³/mol. The van der Waals surface area contributed by atoms with E-state index in [1.807, 2.05) is 6.92 Å². The Bertz CT molecular complexity index is 1630. The molecule has 3 N–H and O–H groups in total. The van der Waals surface area contributed by atoms with Gasteiger partial charge in [-0.1, -0.05) is 20.8 Å². The van der Waals surface area contributed by atoms with Crippen molar-refractivity contribution in [3.63, 3.8) is 0 Å². The minimum atomic E-state index is -2.14. The largest absolute Gasteiger partial charge is 0.462 e. The fraction of sp³-hybridized carbons (Fsp3) is 0.778. The molecule has 7 rings (SSSR count). The van der Waals surface area contributed by atoms with Crippen LogP contribution in [0.2, 0.25) is 0 Å². The van der Waals surface area contributed by atoms with Crippen LogP contribution in [0.3, 0.4) is 0 Å². The van der Waals surface area contributed by atoms with Gasteiger partial charge in [0.1, 0.15) is 49.0 Å². The molecule has 51 heavy (non-hydrogen) atoms. The van der Waals surface area contributed by atoms with Crippen molar-refractivity contribution in [2.75, 3.05) is 6.61 Å². The molecule has 15 heteroatoms. The summed E-state index contributed by atoms with van der Waals surface area (Å²) >= 11 is 0. The summed E-state index contributed by atoms with van der Waals surface area (Å²) in [6, 6.07) is 0. The third kappa shape index (κ3) is 4.50. The summed E-state index contributed by atoms with van der Waals surface area (Å²) in [5, 5.41) is 34.2. The van der Waals surface area contributed by atoms with Crippen LogP contribution in [0.4, 0.5) is 0 Å². The Labute approximate surface area is 294 Å². The van der Waals surface area contributed by atoms with E-state index in [4.69, 9.17) is 28.4 Å². The molecule has 0 spiro atoms. The lowest BCUT2D eigenvalue weighted by atomic mass is 9.41. The van der Waals surface area contributed by atoms with Crippen LogP contribution < -0.4 is 0 Å². The molecule has 0 unspecified atom stereocenters. The van der Waals surface area contributed by atoms with Gasteiger partial charge in [0.05, 0.1) is 11.5 Å². The second-order valence-electron chi connectivity index (χ2n) is 16.5. The number of allylic oxidation sites excluding steroid dienone is 1. The van der Waals surface area contributed by atoms with Gasteiger partial charge in [-0.2, -0.15) is 0 Å². The Morgan fingerprint density at radius 2 is 1.43 bits per heavy atom. The maximum Gasteiger partial charge on any atom is 0.343 e. The normalized spacial score (nSPS) is 51.5. The number of aliphatic hydroxyl groups excluding tert-OH is 2. The summed E-state index contributed by atoms with van der Waals surface area (Å²) in [6.45, 7) is 10.8. The lowest BCUT2D eigenvalue weighted by molar-refractivity contribution is -0.273. The van der Waals surface area contributed by atoms with Crippen molar-refractivity contribution in [1.82, 2.24) is 0 Å². The summed E-state index contributed by atoms with van der Waals surface area (Å²) in [6.07, 6.45) is -6.01. The minimum Gasteiger partial charge on any atom is -0.462 e. The first-order valence-electron chi connectivity index (χ1n) is 17.5. The topological polar surface area (TPSA) is 222 Å². The number of ether oxygens (including phenoxy) is 6. The first kappa shape index (κ1) is 36.0. The van der Waals surface area contributed by atoms with Crippen LogP contribution in [-0.4, -0.2) is 106 Å². The second kappa shape index (κ2) is 11.3. The van der Waals surface area contributed by atoms with Gasteiger partial charge >= 0.3 is 29.8 Å². The van der Waals surface area contributed by atoms with Gasteiger partial charge in [0, 0.05) is 61.2 Å². The smallest absolute Gasteiger partial charge is 0.343 e. The highest BCUT2D eigenvalue weighted by atomic mass is 16.6. The van der Waals surface area contributed by atoms with Crippen molar-refractivity contribution in [2.24, 2.45) is 57.7 Å². The van der Waals surface area contributed by atoms with Crippen molar-refractivity contribution < 1.29 is 72.5 Å². The second-order valence-corrected chi connectivity index (χ2v) is 16.5. The van der Waals surface area contributed by atoms with Gasteiger partial charge in [-0.3, -0.25) is 19.2 Å². The third-order valence-corrected chi connectivity index (χ3v) is 14.2. The molecule has 2 heterocycles. The Balaban J connectivity index is 1.54. The van der Waals surface area contributed by atoms with Crippen LogP contribution in [0.1, 0.15) is 61.8 Å². The van der Waals surface area contributed by atoms with Gasteiger partial charge in [-0.05, 0) is 38.2 Å². The third-order valence-electron chi connectivity index (χ3n) is 14.2. The van der Waals surface area contributed by atoms with Crippen LogP contribution in [0.25, 0.3) is 0 Å². The molecular weight excluding hydrogens is 672 g/mol. The molecular formula is C36H46O15. The van der Waals surface area contributed by atoms with Gasteiger partial charge in [0.15, 0.2) is 11.4 Å². The number of hydrogen-bond acceptors (Lipinski definition) is 15. The quantitative estimate of drug-likeness (QED) is 0.199. The summed E-state index contributed by atoms with van der Waals surface area (Å²) < 4.78 is 36.0. The number of epoxide rings is 1. The van der Waals surface area contributed by atoms with Crippen molar-refractivity contribution in [2.45, 2.75) is 110 Å². The highest BCUT2D eigenvalue weighted by Gasteiger charge is 2.83. The van der Waals surface area contributed by atoms with Gasteiger partial charge in [0.2, 0.25) is 0 Å². The first-order valence-corrected chi connectivity index (χ1v) is 17.5. The van der Waals surface area contributed by atoms with Crippen molar-refractivity contribution in [3.8, 4) is 0 Å². The predicted octanol–water partition coefficient (Wildman–Crippen LogP) is 0.385. The highest BCUT2D eigenvalue weighted by molar-refractivity contribution is 5.88. The molecule has 0 aromatic heterocycles. The standard InChI is InChI=1S/C36H46O15/c1-12-9-18-35(7,36(8,45)32(44)50-18)24-21(12)34(6)22(28(24)46-13(2)38)20-23(29(51-19(41)11-37)31(34)48-15(4)40)33(5)16(25(42)26(20)43)10-17-27(49-17)30(33)47-14(3)39/h9,12,16-17,20-24,26-31,37,43,45H,10-11H2,1-8H3/t12-,16-,17+,20+,21+,22-,23-,24-,26-,27+,28-,29+,30+,31+,33-,34+,35+,36-/m1/s1. The van der Waals surface area contributed by atoms with Crippen LogP contribution >= 0.6 is 0 Å². The fourth-order valence-electron chi connectivity index (χ4n) is 12.2. The van der Waals surface area contributed by atoms with Crippen LogP contribution in [-0.2, 0) is 57.2 Å². The number of esters is 5. The Morgan fingerprint density at radius 1 is 0.843 bits per heavy atom. The van der Waals surface area contributed by atoms with Crippen molar-refractivity contribution in [1.29, 1.82) is 0 Å². The molecule has 0 amide bonds. The number of hydrogen-bond donors (Lipinski definition) is 3. The number of Topliss-reactive ketones (excluding diaryl/α,β-unsaturated/α-hetero) is 1. The monoisotopic (exact) mass is 718 g/mol. The van der Waals surface area contributed by atoms with Crippen molar-refractivity contribution >= 4 is 35.6 Å². The molecule has 5 aliphatic carbocycles. The molecule has 0 aromatic carbocycles. The molecule has 18 atom stereocenters. The SMILES string of the molecule is CC(=O)O[C@@H]1[C@H]2[C@H]3[C@H]([C@H](OC(=O)CO)[C@H](OC(C)=O)[C@@]2(C)[C@@H]2[C@H]1[C@]1(C)C(=C[C@H]2C)OC(=O)[C@@]1(C)O)[C@@]1(C)[C@H](C[C@@H]2O[C@@H]2[C@@H]1OC(C)=O)C(=O)[C@@H]3O. The average Bonchev–Trinajstić information content (AvgIpc) is 3.72. The zero-order valence-electron chi connectivity index (χ0n) is 29.8.